The summed E-state index contributed by atoms with van der Waals surface area (Å²) in [5, 5.41) is 0. The molecule has 0 amide bonds. The van der Waals surface area contributed by atoms with E-state index < -0.39 is 17.2 Å². The van der Waals surface area contributed by atoms with Gasteiger partial charge in [0.15, 0.2) is 0 Å². The van der Waals surface area contributed by atoms with Crippen LogP contribution in [-0.4, -0.2) is 30.7 Å². The van der Waals surface area contributed by atoms with Gasteiger partial charge < -0.3 is 0 Å². The molecule has 21 heavy (non-hydrogen) atoms. The molecule has 0 N–H and O–H groups in total. The number of hydrogen-bond donors (Lipinski definition) is 0. The van der Waals surface area contributed by atoms with Gasteiger partial charge in [-0.05, 0) is 32.7 Å². The van der Waals surface area contributed by atoms with Crippen LogP contribution in [0.15, 0.2) is 23.3 Å². The van der Waals surface area contributed by atoms with Gasteiger partial charge in [-0.3, -0.25) is 4.90 Å². The summed E-state index contributed by atoms with van der Waals surface area (Å²) in [6.45, 7) is 12.0. The van der Waals surface area contributed by atoms with E-state index in [1.807, 2.05) is 25.8 Å². The highest BCUT2D eigenvalue weighted by Gasteiger charge is 2.48. The minimum atomic E-state index is -4.28. The summed E-state index contributed by atoms with van der Waals surface area (Å²) in [5.74, 6) is 0. The summed E-state index contributed by atoms with van der Waals surface area (Å²) in [6, 6.07) is -0.166. The molecule has 0 saturated heterocycles. The molecular formula is C17H28F3N. The van der Waals surface area contributed by atoms with Crippen molar-refractivity contribution in [3.8, 4) is 0 Å². The second-order valence-electron chi connectivity index (χ2n) is 7.96. The number of nitrogens with zero attached hydrogens (tertiary/aromatic N) is 1. The van der Waals surface area contributed by atoms with Crippen molar-refractivity contribution in [3.63, 3.8) is 0 Å². The second kappa shape index (κ2) is 5.79. The van der Waals surface area contributed by atoms with Gasteiger partial charge in [-0.2, -0.15) is 13.2 Å². The number of alkyl halides is 3. The molecule has 1 nitrogen and oxygen atoms in total. The lowest BCUT2D eigenvalue weighted by atomic mass is 9.74. The smallest absolute Gasteiger partial charge is 0.299 e. The number of rotatable bonds is 2. The van der Waals surface area contributed by atoms with Crippen LogP contribution in [0.1, 0.15) is 48.0 Å². The Morgan fingerprint density at radius 2 is 1.86 bits per heavy atom. The molecule has 0 saturated carbocycles. The predicted molar refractivity (Wildman–Crippen MR) is 82.2 cm³/mol. The summed E-state index contributed by atoms with van der Waals surface area (Å²) in [4.78, 5) is 2.04. The van der Waals surface area contributed by atoms with E-state index in [1.54, 1.807) is 13.0 Å². The molecular weight excluding hydrogens is 275 g/mol. The van der Waals surface area contributed by atoms with Crippen LogP contribution in [0.5, 0.6) is 0 Å². The highest BCUT2D eigenvalue weighted by atomic mass is 19.4. The van der Waals surface area contributed by atoms with Crippen molar-refractivity contribution in [2.75, 3.05) is 13.6 Å². The van der Waals surface area contributed by atoms with Gasteiger partial charge >= 0.3 is 6.18 Å². The van der Waals surface area contributed by atoms with E-state index in [-0.39, 0.29) is 11.5 Å². The van der Waals surface area contributed by atoms with Crippen molar-refractivity contribution in [3.05, 3.63) is 23.3 Å². The molecule has 4 heteroatoms. The maximum Gasteiger partial charge on any atom is 0.413 e. The van der Waals surface area contributed by atoms with Gasteiger partial charge in [0.2, 0.25) is 0 Å². The second-order valence-corrected chi connectivity index (χ2v) is 7.96. The van der Waals surface area contributed by atoms with Crippen molar-refractivity contribution in [2.45, 2.75) is 60.2 Å². The number of allylic oxidation sites excluding steroid dienone is 1. The Morgan fingerprint density at radius 3 is 2.24 bits per heavy atom. The minimum absolute atomic E-state index is 0.00358. The third-order valence-corrected chi connectivity index (χ3v) is 3.85. The fourth-order valence-corrected chi connectivity index (χ4v) is 3.25. The SMILES string of the molecule is CC(C)=CC1(C)CN(C)C(CC(C)(C)C)C=C1C(F)(F)F. The summed E-state index contributed by atoms with van der Waals surface area (Å²) >= 11 is 0. The zero-order valence-electron chi connectivity index (χ0n) is 14.2. The summed E-state index contributed by atoms with van der Waals surface area (Å²) in [5.41, 5.74) is -0.463. The van der Waals surface area contributed by atoms with Crippen LogP contribution in [0.3, 0.4) is 0 Å². The molecule has 2 atom stereocenters. The predicted octanol–water partition coefficient (Wildman–Crippen LogP) is 5.20. The highest BCUT2D eigenvalue weighted by Crippen LogP contribution is 2.45. The van der Waals surface area contributed by atoms with E-state index in [4.69, 9.17) is 0 Å². The third-order valence-electron chi connectivity index (χ3n) is 3.85. The van der Waals surface area contributed by atoms with Crippen LogP contribution in [-0.2, 0) is 0 Å². The first-order valence-electron chi connectivity index (χ1n) is 7.40. The Balaban J connectivity index is 3.29. The molecule has 0 bridgehead atoms. The molecule has 1 aliphatic heterocycles. The van der Waals surface area contributed by atoms with Gasteiger partial charge in [-0.25, -0.2) is 0 Å². The van der Waals surface area contributed by atoms with E-state index in [0.717, 1.165) is 5.57 Å². The monoisotopic (exact) mass is 303 g/mol. The maximum absolute atomic E-state index is 13.5. The number of hydrogen-bond acceptors (Lipinski definition) is 1. The van der Waals surface area contributed by atoms with Crippen LogP contribution >= 0.6 is 0 Å². The van der Waals surface area contributed by atoms with Crippen LogP contribution < -0.4 is 0 Å². The molecule has 0 radical (unpaired) electrons. The van der Waals surface area contributed by atoms with Gasteiger partial charge in [0.25, 0.3) is 0 Å². The Bertz CT molecular complexity index is 436. The highest BCUT2D eigenvalue weighted by molar-refractivity contribution is 5.31. The molecule has 0 aromatic heterocycles. The molecule has 0 aromatic carbocycles. The normalized spacial score (nSPS) is 28.3. The summed E-state index contributed by atoms with van der Waals surface area (Å²) in [7, 11) is 1.91. The Kier molecular flexibility index (Phi) is 5.04. The molecule has 1 heterocycles. The third kappa shape index (κ3) is 4.87. The molecule has 0 aliphatic carbocycles. The molecule has 1 aliphatic rings. The number of halogens is 3. The van der Waals surface area contributed by atoms with Gasteiger partial charge in [0.1, 0.15) is 0 Å². The first kappa shape index (κ1) is 18.3. The fraction of sp³-hybridized carbons (Fsp3) is 0.765. The van der Waals surface area contributed by atoms with Gasteiger partial charge in [0, 0.05) is 23.6 Å². The Labute approximate surface area is 126 Å². The van der Waals surface area contributed by atoms with Gasteiger partial charge in [-0.1, -0.05) is 45.4 Å². The lowest BCUT2D eigenvalue weighted by molar-refractivity contribution is -0.108. The van der Waals surface area contributed by atoms with Gasteiger partial charge in [-0.15, -0.1) is 0 Å². The minimum Gasteiger partial charge on any atom is -0.299 e. The Hall–Kier alpha value is -0.770. The average Bonchev–Trinajstić information content (AvgIpc) is 2.16. The van der Waals surface area contributed by atoms with Crippen molar-refractivity contribution in [1.29, 1.82) is 0 Å². The molecule has 0 aromatic rings. The molecule has 122 valence electrons. The summed E-state index contributed by atoms with van der Waals surface area (Å²) in [6.07, 6.45) is -0.379. The van der Waals surface area contributed by atoms with E-state index in [1.165, 1.54) is 6.08 Å². The maximum atomic E-state index is 13.5. The van der Waals surface area contributed by atoms with Crippen LogP contribution in [0.4, 0.5) is 13.2 Å². The lowest BCUT2D eigenvalue weighted by Gasteiger charge is -2.44. The molecule has 0 fully saturated rings. The lowest BCUT2D eigenvalue weighted by Crippen LogP contribution is -2.48. The first-order chi connectivity index (χ1) is 9.24. The van der Waals surface area contributed by atoms with Crippen molar-refractivity contribution < 1.29 is 13.2 Å². The average molecular weight is 303 g/mol. The zero-order chi connectivity index (χ0) is 16.6. The van der Waals surface area contributed by atoms with Crippen LogP contribution in [0, 0.1) is 10.8 Å². The molecule has 1 rings (SSSR count). The van der Waals surface area contributed by atoms with Crippen LogP contribution in [0.25, 0.3) is 0 Å². The quantitative estimate of drug-likeness (QED) is 0.634. The van der Waals surface area contributed by atoms with E-state index in [2.05, 4.69) is 20.8 Å². The number of likely N-dealkylation sites (N-methyl/N-ethyl adjacent to an activating group) is 1. The Morgan fingerprint density at radius 1 is 1.33 bits per heavy atom. The largest absolute Gasteiger partial charge is 0.413 e. The topological polar surface area (TPSA) is 3.24 Å². The zero-order valence-corrected chi connectivity index (χ0v) is 14.2. The van der Waals surface area contributed by atoms with Gasteiger partial charge in [0.05, 0.1) is 0 Å². The van der Waals surface area contributed by atoms with Crippen molar-refractivity contribution in [1.82, 2.24) is 4.90 Å². The first-order valence-corrected chi connectivity index (χ1v) is 7.40. The van der Waals surface area contributed by atoms with Crippen LogP contribution in [0.2, 0.25) is 0 Å². The van der Waals surface area contributed by atoms with Crippen molar-refractivity contribution >= 4 is 0 Å². The summed E-state index contributed by atoms with van der Waals surface area (Å²) < 4.78 is 40.5. The van der Waals surface area contributed by atoms with Crippen molar-refractivity contribution in [2.24, 2.45) is 10.8 Å². The molecule has 2 unspecified atom stereocenters. The molecule has 0 spiro atoms. The van der Waals surface area contributed by atoms with E-state index >= 15 is 0 Å². The van der Waals surface area contributed by atoms with E-state index in [0.29, 0.717) is 13.0 Å². The van der Waals surface area contributed by atoms with E-state index in [9.17, 15) is 13.2 Å². The fourth-order valence-electron chi connectivity index (χ4n) is 3.25. The standard InChI is InChI=1S/C17H28F3N/c1-12(2)9-16(6)11-21(7)13(10-15(3,4)5)8-14(16)17(18,19)20/h8-9,13H,10-11H2,1-7H3.